The Kier molecular flexibility index (Phi) is 4.16. The van der Waals surface area contributed by atoms with Gasteiger partial charge in [0.25, 0.3) is 0 Å². The number of hydrogen-bond acceptors (Lipinski definition) is 3. The van der Waals surface area contributed by atoms with Crippen LogP contribution in [0.1, 0.15) is 26.7 Å². The number of nitrogens with one attached hydrogen (secondary N) is 1. The Bertz CT molecular complexity index is 152. The monoisotopic (exact) mass is 187 g/mol. The van der Waals surface area contributed by atoms with E-state index in [4.69, 9.17) is 9.47 Å². The molecular formula is C10H21NO2. The quantitative estimate of drug-likeness (QED) is 0.670. The second kappa shape index (κ2) is 4.94. The van der Waals surface area contributed by atoms with E-state index in [0.29, 0.717) is 6.10 Å². The normalized spacial score (nSPS) is 34.8. The summed E-state index contributed by atoms with van der Waals surface area (Å²) in [5, 5.41) is 3.39. The second-order valence-corrected chi connectivity index (χ2v) is 4.11. The van der Waals surface area contributed by atoms with Gasteiger partial charge in [-0.2, -0.15) is 0 Å². The van der Waals surface area contributed by atoms with Crippen LogP contribution in [0.5, 0.6) is 0 Å². The first-order valence-corrected chi connectivity index (χ1v) is 5.04. The van der Waals surface area contributed by atoms with E-state index in [1.54, 1.807) is 7.11 Å². The third-order valence-corrected chi connectivity index (χ3v) is 2.47. The molecule has 3 heteroatoms. The number of methoxy groups -OCH3 is 1. The van der Waals surface area contributed by atoms with Gasteiger partial charge in [-0.05, 0) is 26.7 Å². The van der Waals surface area contributed by atoms with Gasteiger partial charge in [0, 0.05) is 26.8 Å². The Morgan fingerprint density at radius 2 is 2.38 bits per heavy atom. The van der Waals surface area contributed by atoms with E-state index in [0.717, 1.165) is 32.5 Å². The van der Waals surface area contributed by atoms with Crippen LogP contribution in [0.4, 0.5) is 0 Å². The Hall–Kier alpha value is -0.120. The predicted molar refractivity (Wildman–Crippen MR) is 52.9 cm³/mol. The third-order valence-electron chi connectivity index (χ3n) is 2.47. The van der Waals surface area contributed by atoms with Crippen molar-refractivity contribution in [3.05, 3.63) is 0 Å². The minimum atomic E-state index is 0.0101. The van der Waals surface area contributed by atoms with Gasteiger partial charge in [0.15, 0.2) is 0 Å². The zero-order valence-electron chi connectivity index (χ0n) is 8.93. The topological polar surface area (TPSA) is 30.5 Å². The minimum Gasteiger partial charge on any atom is -0.385 e. The summed E-state index contributed by atoms with van der Waals surface area (Å²) in [6.07, 6.45) is 2.47. The van der Waals surface area contributed by atoms with Gasteiger partial charge in [-0.15, -0.1) is 0 Å². The Labute approximate surface area is 80.8 Å². The van der Waals surface area contributed by atoms with E-state index in [9.17, 15) is 0 Å². The SMILES string of the molecule is COCCCC1(C)CNCC(C)O1. The van der Waals surface area contributed by atoms with Crippen molar-refractivity contribution in [1.29, 1.82) is 0 Å². The molecule has 3 nitrogen and oxygen atoms in total. The molecule has 1 saturated heterocycles. The molecule has 0 amide bonds. The Balaban J connectivity index is 2.27. The Morgan fingerprint density at radius 3 is 3.00 bits per heavy atom. The fourth-order valence-corrected chi connectivity index (χ4v) is 1.85. The molecule has 0 bridgehead atoms. The maximum atomic E-state index is 5.90. The van der Waals surface area contributed by atoms with E-state index in [2.05, 4.69) is 19.2 Å². The van der Waals surface area contributed by atoms with Gasteiger partial charge in [-0.25, -0.2) is 0 Å². The summed E-state index contributed by atoms with van der Waals surface area (Å²) in [4.78, 5) is 0. The van der Waals surface area contributed by atoms with Crippen molar-refractivity contribution >= 4 is 0 Å². The molecule has 0 radical (unpaired) electrons. The van der Waals surface area contributed by atoms with Crippen LogP contribution in [0.2, 0.25) is 0 Å². The fraction of sp³-hybridized carbons (Fsp3) is 1.00. The molecule has 0 aromatic heterocycles. The van der Waals surface area contributed by atoms with E-state index < -0.39 is 0 Å². The molecule has 0 spiro atoms. The second-order valence-electron chi connectivity index (χ2n) is 4.11. The van der Waals surface area contributed by atoms with Crippen LogP contribution in [-0.4, -0.2) is 38.5 Å². The van der Waals surface area contributed by atoms with Crippen LogP contribution in [0, 0.1) is 0 Å². The lowest BCUT2D eigenvalue weighted by Crippen LogP contribution is -2.51. The van der Waals surface area contributed by atoms with Crippen LogP contribution in [0.3, 0.4) is 0 Å². The molecule has 0 aromatic rings. The molecule has 0 aliphatic carbocycles. The zero-order chi connectivity index (χ0) is 9.73. The summed E-state index contributed by atoms with van der Waals surface area (Å²) in [6, 6.07) is 0. The molecule has 0 saturated carbocycles. The van der Waals surface area contributed by atoms with Crippen LogP contribution in [-0.2, 0) is 9.47 Å². The van der Waals surface area contributed by atoms with Crippen molar-refractivity contribution in [2.45, 2.75) is 38.4 Å². The lowest BCUT2D eigenvalue weighted by Gasteiger charge is -2.38. The van der Waals surface area contributed by atoms with Gasteiger partial charge in [0.05, 0.1) is 11.7 Å². The van der Waals surface area contributed by atoms with Gasteiger partial charge in [0.1, 0.15) is 0 Å². The average Bonchev–Trinajstić information content (AvgIpc) is 2.04. The lowest BCUT2D eigenvalue weighted by atomic mass is 9.98. The highest BCUT2D eigenvalue weighted by atomic mass is 16.5. The fourth-order valence-electron chi connectivity index (χ4n) is 1.85. The van der Waals surface area contributed by atoms with E-state index >= 15 is 0 Å². The summed E-state index contributed by atoms with van der Waals surface area (Å²) in [7, 11) is 1.74. The van der Waals surface area contributed by atoms with Gasteiger partial charge in [0.2, 0.25) is 0 Å². The van der Waals surface area contributed by atoms with Gasteiger partial charge in [-0.3, -0.25) is 0 Å². The van der Waals surface area contributed by atoms with Crippen molar-refractivity contribution in [2.24, 2.45) is 0 Å². The number of rotatable bonds is 4. The number of morpholine rings is 1. The molecule has 1 rings (SSSR count). The molecule has 2 unspecified atom stereocenters. The van der Waals surface area contributed by atoms with Crippen molar-refractivity contribution in [2.75, 3.05) is 26.8 Å². The summed E-state index contributed by atoms with van der Waals surface area (Å²) in [5.41, 5.74) is 0.0101. The molecule has 2 atom stereocenters. The van der Waals surface area contributed by atoms with Crippen LogP contribution in [0.25, 0.3) is 0 Å². The summed E-state index contributed by atoms with van der Waals surface area (Å²) in [6.45, 7) is 7.04. The van der Waals surface area contributed by atoms with Gasteiger partial charge < -0.3 is 14.8 Å². The van der Waals surface area contributed by atoms with Crippen molar-refractivity contribution in [3.63, 3.8) is 0 Å². The van der Waals surface area contributed by atoms with Crippen molar-refractivity contribution < 1.29 is 9.47 Å². The van der Waals surface area contributed by atoms with Gasteiger partial charge >= 0.3 is 0 Å². The average molecular weight is 187 g/mol. The molecule has 1 N–H and O–H groups in total. The summed E-state index contributed by atoms with van der Waals surface area (Å²) in [5.74, 6) is 0. The highest BCUT2D eigenvalue weighted by Gasteiger charge is 2.30. The minimum absolute atomic E-state index is 0.0101. The summed E-state index contributed by atoms with van der Waals surface area (Å²) >= 11 is 0. The molecule has 0 aromatic carbocycles. The number of ether oxygens (including phenoxy) is 2. The highest BCUT2D eigenvalue weighted by molar-refractivity contribution is 4.83. The first-order valence-electron chi connectivity index (χ1n) is 5.04. The maximum absolute atomic E-state index is 5.90. The Morgan fingerprint density at radius 1 is 1.62 bits per heavy atom. The van der Waals surface area contributed by atoms with Gasteiger partial charge in [-0.1, -0.05) is 0 Å². The molecule has 78 valence electrons. The third kappa shape index (κ3) is 3.63. The first-order chi connectivity index (χ1) is 6.16. The highest BCUT2D eigenvalue weighted by Crippen LogP contribution is 2.21. The van der Waals surface area contributed by atoms with Crippen LogP contribution < -0.4 is 5.32 Å². The predicted octanol–water partition coefficient (Wildman–Crippen LogP) is 1.18. The van der Waals surface area contributed by atoms with E-state index in [1.807, 2.05) is 0 Å². The lowest BCUT2D eigenvalue weighted by molar-refractivity contribution is -0.104. The molecule has 1 aliphatic heterocycles. The standard InChI is InChI=1S/C10H21NO2/c1-9-7-11-8-10(2,13-9)5-4-6-12-3/h9,11H,4-8H2,1-3H3. The van der Waals surface area contributed by atoms with Crippen LogP contribution >= 0.6 is 0 Å². The van der Waals surface area contributed by atoms with Crippen LogP contribution in [0.15, 0.2) is 0 Å². The van der Waals surface area contributed by atoms with Crippen molar-refractivity contribution in [3.8, 4) is 0 Å². The van der Waals surface area contributed by atoms with E-state index in [-0.39, 0.29) is 5.60 Å². The molecule has 1 heterocycles. The molecule has 1 aliphatic rings. The van der Waals surface area contributed by atoms with E-state index in [1.165, 1.54) is 0 Å². The molecule has 13 heavy (non-hydrogen) atoms. The summed E-state index contributed by atoms with van der Waals surface area (Å²) < 4.78 is 10.9. The molecular weight excluding hydrogens is 166 g/mol. The number of hydrogen-bond donors (Lipinski definition) is 1. The largest absolute Gasteiger partial charge is 0.385 e. The first kappa shape index (κ1) is 11.0. The molecule has 1 fully saturated rings. The maximum Gasteiger partial charge on any atom is 0.0783 e. The zero-order valence-corrected chi connectivity index (χ0v) is 8.93. The smallest absolute Gasteiger partial charge is 0.0783 e. The van der Waals surface area contributed by atoms with Crippen molar-refractivity contribution in [1.82, 2.24) is 5.32 Å².